The number of aromatic nitrogens is 2. The molecule has 0 aliphatic rings. The number of esters is 2. The summed E-state index contributed by atoms with van der Waals surface area (Å²) in [6.07, 6.45) is 1.83. The van der Waals surface area contributed by atoms with Crippen molar-refractivity contribution in [3.8, 4) is 22.9 Å². The van der Waals surface area contributed by atoms with Gasteiger partial charge in [0, 0.05) is 36.5 Å². The molecule has 0 aliphatic carbocycles. The van der Waals surface area contributed by atoms with E-state index in [1.54, 1.807) is 31.4 Å². The number of anilines is 2. The number of para-hydroxylation sites is 1. The van der Waals surface area contributed by atoms with Gasteiger partial charge in [0.1, 0.15) is 17.2 Å². The summed E-state index contributed by atoms with van der Waals surface area (Å²) in [4.78, 5) is 28.9. The fourth-order valence-electron chi connectivity index (χ4n) is 3.50. The van der Waals surface area contributed by atoms with E-state index < -0.39 is 11.9 Å². The summed E-state index contributed by atoms with van der Waals surface area (Å²) in [6.45, 7) is 0.828. The smallest absolute Gasteiger partial charge is 0.353 e. The zero-order valence-electron chi connectivity index (χ0n) is 20.2. The molecular weight excluding hydrogens is 476 g/mol. The summed E-state index contributed by atoms with van der Waals surface area (Å²) < 4.78 is 21.1. The van der Waals surface area contributed by atoms with Crippen LogP contribution in [0.2, 0.25) is 0 Å². The summed E-state index contributed by atoms with van der Waals surface area (Å²) in [5.74, 6) is -0.642. The van der Waals surface area contributed by atoms with Crippen molar-refractivity contribution in [2.75, 3.05) is 24.8 Å². The molecular formula is C27H26N4O6. The Hall–Kier alpha value is -4.86. The molecule has 3 N–H and O–H groups in total. The maximum absolute atomic E-state index is 12.5. The van der Waals surface area contributed by atoms with Gasteiger partial charge in [-0.05, 0) is 42.8 Å². The van der Waals surface area contributed by atoms with Crippen molar-refractivity contribution in [3.63, 3.8) is 0 Å². The first kappa shape index (κ1) is 25.2. The fraction of sp³-hybridized carbons (Fsp3) is 0.185. The molecule has 0 amide bonds. The third-order valence-electron chi connectivity index (χ3n) is 5.35. The zero-order chi connectivity index (χ0) is 26.0. The van der Waals surface area contributed by atoms with E-state index in [1.807, 2.05) is 42.5 Å². The first-order valence-electron chi connectivity index (χ1n) is 11.6. The quantitative estimate of drug-likeness (QED) is 0.171. The van der Waals surface area contributed by atoms with Crippen LogP contribution in [-0.4, -0.2) is 35.8 Å². The SMILES string of the molecule is COc1cc(OCCCC(=O)OC(=O)c2c(-c3ccccn3)noc2N)ccc1CNc1ccccc1. The Morgan fingerprint density at radius 3 is 2.62 bits per heavy atom. The number of nitrogens with one attached hydrogen (secondary N) is 1. The van der Waals surface area contributed by atoms with Crippen LogP contribution in [0.4, 0.5) is 11.6 Å². The van der Waals surface area contributed by atoms with E-state index in [1.165, 1.54) is 6.20 Å². The summed E-state index contributed by atoms with van der Waals surface area (Å²) in [5, 5.41) is 7.10. The van der Waals surface area contributed by atoms with Crippen LogP contribution in [0.5, 0.6) is 11.5 Å². The van der Waals surface area contributed by atoms with Gasteiger partial charge >= 0.3 is 11.9 Å². The maximum Gasteiger partial charge on any atom is 0.353 e. The van der Waals surface area contributed by atoms with E-state index in [2.05, 4.69) is 15.5 Å². The second-order valence-electron chi connectivity index (χ2n) is 7.89. The summed E-state index contributed by atoms with van der Waals surface area (Å²) in [7, 11) is 1.60. The lowest BCUT2D eigenvalue weighted by Gasteiger charge is -2.13. The molecule has 2 heterocycles. The Morgan fingerprint density at radius 2 is 1.86 bits per heavy atom. The van der Waals surface area contributed by atoms with Gasteiger partial charge in [-0.2, -0.15) is 0 Å². The van der Waals surface area contributed by atoms with Crippen molar-refractivity contribution in [3.05, 3.63) is 84.1 Å². The molecule has 0 atom stereocenters. The molecule has 10 nitrogen and oxygen atoms in total. The first-order chi connectivity index (χ1) is 18.0. The summed E-state index contributed by atoms with van der Waals surface area (Å²) >= 11 is 0. The van der Waals surface area contributed by atoms with Crippen molar-refractivity contribution in [2.45, 2.75) is 19.4 Å². The number of carbonyl (C=O) groups excluding carboxylic acids is 2. The molecule has 2 aromatic heterocycles. The molecule has 0 saturated heterocycles. The number of benzene rings is 2. The average Bonchev–Trinajstić information content (AvgIpc) is 3.32. The third kappa shape index (κ3) is 6.63. The largest absolute Gasteiger partial charge is 0.496 e. The minimum atomic E-state index is -0.949. The van der Waals surface area contributed by atoms with E-state index in [4.69, 9.17) is 24.5 Å². The van der Waals surface area contributed by atoms with Crippen LogP contribution in [-0.2, 0) is 16.1 Å². The second kappa shape index (κ2) is 12.2. The second-order valence-corrected chi connectivity index (χ2v) is 7.89. The number of nitrogen functional groups attached to an aromatic ring is 1. The summed E-state index contributed by atoms with van der Waals surface area (Å²) in [5.41, 5.74) is 8.04. The van der Waals surface area contributed by atoms with Gasteiger partial charge in [-0.1, -0.05) is 29.4 Å². The topological polar surface area (TPSA) is 139 Å². The number of pyridine rings is 1. The highest BCUT2D eigenvalue weighted by atomic mass is 16.6. The predicted molar refractivity (Wildman–Crippen MR) is 136 cm³/mol. The molecule has 37 heavy (non-hydrogen) atoms. The number of rotatable bonds is 11. The Balaban J connectivity index is 1.25. The highest BCUT2D eigenvalue weighted by Gasteiger charge is 2.26. The van der Waals surface area contributed by atoms with E-state index >= 15 is 0 Å². The number of hydrogen-bond acceptors (Lipinski definition) is 10. The van der Waals surface area contributed by atoms with Gasteiger partial charge in [-0.15, -0.1) is 0 Å². The standard InChI is InChI=1S/C27H26N4O6/c1-34-22-16-20(13-12-18(22)17-30-19-8-3-2-4-9-19)35-15-7-11-23(32)36-27(33)24-25(31-37-26(24)28)21-10-5-6-14-29-21/h2-6,8-10,12-14,16,30H,7,11,15,17,28H2,1H3. The average molecular weight is 503 g/mol. The van der Waals surface area contributed by atoms with Crippen LogP contribution in [0.25, 0.3) is 11.4 Å². The number of hydrogen-bond donors (Lipinski definition) is 2. The van der Waals surface area contributed by atoms with Crippen molar-refractivity contribution in [1.82, 2.24) is 10.1 Å². The number of ether oxygens (including phenoxy) is 3. The predicted octanol–water partition coefficient (Wildman–Crippen LogP) is 4.48. The maximum atomic E-state index is 12.5. The van der Waals surface area contributed by atoms with Crippen molar-refractivity contribution in [2.24, 2.45) is 0 Å². The Morgan fingerprint density at radius 1 is 1.05 bits per heavy atom. The highest BCUT2D eigenvalue weighted by Crippen LogP contribution is 2.27. The number of methoxy groups -OCH3 is 1. The van der Waals surface area contributed by atoms with Crippen LogP contribution in [0, 0.1) is 0 Å². The molecule has 10 heteroatoms. The number of nitrogens with zero attached hydrogens (tertiary/aromatic N) is 2. The zero-order valence-corrected chi connectivity index (χ0v) is 20.2. The van der Waals surface area contributed by atoms with Crippen molar-refractivity contribution < 1.29 is 28.3 Å². The van der Waals surface area contributed by atoms with Crippen LogP contribution < -0.4 is 20.5 Å². The molecule has 0 fully saturated rings. The van der Waals surface area contributed by atoms with Gasteiger partial charge in [-0.3, -0.25) is 9.78 Å². The molecule has 4 aromatic rings. The first-order valence-corrected chi connectivity index (χ1v) is 11.6. The van der Waals surface area contributed by atoms with Crippen molar-refractivity contribution >= 4 is 23.5 Å². The van der Waals surface area contributed by atoms with E-state index in [-0.39, 0.29) is 30.2 Å². The molecule has 4 rings (SSSR count). The summed E-state index contributed by atoms with van der Waals surface area (Å²) in [6, 6.07) is 20.5. The minimum absolute atomic E-state index is 0.0357. The van der Waals surface area contributed by atoms with Gasteiger partial charge in [0.25, 0.3) is 0 Å². The minimum Gasteiger partial charge on any atom is -0.496 e. The molecule has 0 aliphatic heterocycles. The lowest BCUT2D eigenvalue weighted by Crippen LogP contribution is -2.15. The van der Waals surface area contributed by atoms with Gasteiger partial charge in [-0.25, -0.2) is 4.79 Å². The van der Waals surface area contributed by atoms with Gasteiger partial charge < -0.3 is 29.8 Å². The Labute approximate surface area is 213 Å². The normalized spacial score (nSPS) is 10.5. The van der Waals surface area contributed by atoms with Gasteiger partial charge in [0.2, 0.25) is 5.88 Å². The van der Waals surface area contributed by atoms with Crippen molar-refractivity contribution in [1.29, 1.82) is 0 Å². The fourth-order valence-corrected chi connectivity index (χ4v) is 3.50. The van der Waals surface area contributed by atoms with Gasteiger partial charge in [0.05, 0.1) is 19.4 Å². The lowest BCUT2D eigenvalue weighted by atomic mass is 10.1. The number of nitrogens with two attached hydrogens (primary N) is 1. The monoisotopic (exact) mass is 502 g/mol. The Bertz CT molecular complexity index is 1340. The Kier molecular flexibility index (Phi) is 8.33. The van der Waals surface area contributed by atoms with Crippen LogP contribution >= 0.6 is 0 Å². The van der Waals surface area contributed by atoms with E-state index in [9.17, 15) is 9.59 Å². The molecule has 0 unspecified atom stereocenters. The molecule has 2 aromatic carbocycles. The lowest BCUT2D eigenvalue weighted by molar-refractivity contribution is -0.138. The highest BCUT2D eigenvalue weighted by molar-refractivity contribution is 6.04. The van der Waals surface area contributed by atoms with Gasteiger partial charge in [0.15, 0.2) is 5.56 Å². The molecule has 0 spiro atoms. The van der Waals surface area contributed by atoms with Crippen LogP contribution in [0.1, 0.15) is 28.8 Å². The van der Waals surface area contributed by atoms with Crippen LogP contribution in [0.3, 0.4) is 0 Å². The third-order valence-corrected chi connectivity index (χ3v) is 5.35. The van der Waals surface area contributed by atoms with E-state index in [0.717, 1.165) is 11.3 Å². The molecule has 0 radical (unpaired) electrons. The van der Waals surface area contributed by atoms with E-state index in [0.29, 0.717) is 30.2 Å². The molecule has 0 bridgehead atoms. The molecule has 0 saturated carbocycles. The van der Waals surface area contributed by atoms with Crippen LogP contribution in [0.15, 0.2) is 77.4 Å². The number of carbonyl (C=O) groups is 2. The molecule has 190 valence electrons.